The zero-order chi connectivity index (χ0) is 19.5. The number of aryl methyl sites for hydroxylation is 2. The van der Waals surface area contributed by atoms with Crippen LogP contribution in [0.3, 0.4) is 0 Å². The third-order valence-electron chi connectivity index (χ3n) is 4.32. The molecule has 0 atom stereocenters. The number of carbonyl (C=O) groups is 1. The van der Waals surface area contributed by atoms with Crippen molar-refractivity contribution in [1.29, 1.82) is 0 Å². The maximum atomic E-state index is 12.5. The van der Waals surface area contributed by atoms with E-state index in [1.807, 2.05) is 79.2 Å². The number of anilines is 1. The van der Waals surface area contributed by atoms with Gasteiger partial charge in [-0.3, -0.25) is 14.8 Å². The summed E-state index contributed by atoms with van der Waals surface area (Å²) in [6, 6.07) is 19.3. The summed E-state index contributed by atoms with van der Waals surface area (Å²) in [6.07, 6.45) is 0. The van der Waals surface area contributed by atoms with Crippen molar-refractivity contribution >= 4 is 22.4 Å². The van der Waals surface area contributed by atoms with E-state index in [2.05, 4.69) is 20.6 Å². The number of aromatic nitrogens is 4. The van der Waals surface area contributed by atoms with Crippen LogP contribution >= 0.6 is 11.3 Å². The molecule has 28 heavy (non-hydrogen) atoms. The van der Waals surface area contributed by atoms with E-state index in [-0.39, 0.29) is 5.91 Å². The Hall–Kier alpha value is -3.32. The van der Waals surface area contributed by atoms with Crippen LogP contribution in [0, 0.1) is 13.8 Å². The molecular weight excluding hydrogens is 370 g/mol. The summed E-state index contributed by atoms with van der Waals surface area (Å²) in [6.45, 7) is 4.69. The number of benzene rings is 2. The Bertz CT molecular complexity index is 1100. The summed E-state index contributed by atoms with van der Waals surface area (Å²) >= 11 is 1.35. The minimum atomic E-state index is -0.201. The molecule has 0 aliphatic carbocycles. The van der Waals surface area contributed by atoms with Gasteiger partial charge in [-0.2, -0.15) is 5.10 Å². The second kappa shape index (κ2) is 7.74. The Morgan fingerprint density at radius 2 is 1.79 bits per heavy atom. The largest absolute Gasteiger partial charge is 0.296 e. The van der Waals surface area contributed by atoms with Gasteiger partial charge in [-0.15, -0.1) is 10.2 Å². The monoisotopic (exact) mass is 389 g/mol. The molecule has 0 saturated carbocycles. The number of rotatable bonds is 5. The first kappa shape index (κ1) is 18.1. The summed E-state index contributed by atoms with van der Waals surface area (Å²) in [7, 11) is 0. The first-order valence-corrected chi connectivity index (χ1v) is 9.70. The molecule has 4 rings (SSSR count). The molecule has 2 heterocycles. The van der Waals surface area contributed by atoms with Gasteiger partial charge in [-0.1, -0.05) is 53.8 Å². The molecule has 2 aromatic heterocycles. The van der Waals surface area contributed by atoms with E-state index < -0.39 is 0 Å². The number of nitrogens with zero attached hydrogens (tertiary/aromatic N) is 4. The molecule has 6 nitrogen and oxygen atoms in total. The Labute approximate surface area is 166 Å². The number of carbonyl (C=O) groups excluding carboxylic acids is 1. The fourth-order valence-corrected chi connectivity index (χ4v) is 3.65. The highest BCUT2D eigenvalue weighted by atomic mass is 32.1. The second-order valence-electron chi connectivity index (χ2n) is 6.51. The van der Waals surface area contributed by atoms with Crippen LogP contribution in [0.2, 0.25) is 0 Å². The van der Waals surface area contributed by atoms with Crippen LogP contribution in [0.25, 0.3) is 10.6 Å². The molecule has 0 aliphatic heterocycles. The molecule has 0 bridgehead atoms. The smallest absolute Gasteiger partial charge is 0.257 e. The van der Waals surface area contributed by atoms with E-state index in [0.717, 1.165) is 27.5 Å². The predicted molar refractivity (Wildman–Crippen MR) is 111 cm³/mol. The van der Waals surface area contributed by atoms with Crippen LogP contribution in [0.4, 0.5) is 5.13 Å². The van der Waals surface area contributed by atoms with E-state index in [0.29, 0.717) is 17.2 Å². The molecule has 140 valence electrons. The van der Waals surface area contributed by atoms with Gasteiger partial charge in [0.15, 0.2) is 0 Å². The molecule has 0 unspecified atom stereocenters. The van der Waals surface area contributed by atoms with Gasteiger partial charge in [0.2, 0.25) is 5.13 Å². The molecule has 1 N–H and O–H groups in total. The van der Waals surface area contributed by atoms with Gasteiger partial charge in [0.25, 0.3) is 5.91 Å². The Morgan fingerprint density at radius 3 is 2.46 bits per heavy atom. The van der Waals surface area contributed by atoms with Gasteiger partial charge in [0.05, 0.1) is 12.2 Å². The summed E-state index contributed by atoms with van der Waals surface area (Å²) < 4.78 is 1.96. The van der Waals surface area contributed by atoms with Crippen LogP contribution in [-0.4, -0.2) is 25.9 Å². The van der Waals surface area contributed by atoms with Crippen molar-refractivity contribution in [3.8, 4) is 10.6 Å². The normalized spacial score (nSPS) is 10.8. The van der Waals surface area contributed by atoms with Crippen molar-refractivity contribution in [2.45, 2.75) is 20.4 Å². The zero-order valence-corrected chi connectivity index (χ0v) is 16.4. The van der Waals surface area contributed by atoms with Crippen molar-refractivity contribution in [1.82, 2.24) is 20.0 Å². The molecule has 0 spiro atoms. The first-order chi connectivity index (χ1) is 13.6. The van der Waals surface area contributed by atoms with Gasteiger partial charge >= 0.3 is 0 Å². The third kappa shape index (κ3) is 3.99. The Balaban J connectivity index is 1.42. The van der Waals surface area contributed by atoms with Crippen molar-refractivity contribution in [3.05, 3.63) is 83.2 Å². The van der Waals surface area contributed by atoms with Crippen LogP contribution in [0.5, 0.6) is 0 Å². The third-order valence-corrected chi connectivity index (χ3v) is 5.21. The lowest BCUT2D eigenvalue weighted by atomic mass is 10.1. The summed E-state index contributed by atoms with van der Waals surface area (Å²) in [5, 5.41) is 16.8. The van der Waals surface area contributed by atoms with Crippen LogP contribution in [-0.2, 0) is 6.54 Å². The number of hydrogen-bond donors (Lipinski definition) is 1. The molecule has 7 heteroatoms. The maximum Gasteiger partial charge on any atom is 0.257 e. The fourth-order valence-electron chi connectivity index (χ4n) is 2.91. The lowest BCUT2D eigenvalue weighted by molar-refractivity contribution is 0.102. The van der Waals surface area contributed by atoms with Crippen LogP contribution < -0.4 is 5.32 Å². The van der Waals surface area contributed by atoms with Crippen molar-refractivity contribution in [2.75, 3.05) is 5.32 Å². The average Bonchev–Trinajstić information content (AvgIpc) is 3.29. The highest BCUT2D eigenvalue weighted by Crippen LogP contribution is 2.26. The molecule has 0 saturated heterocycles. The van der Waals surface area contributed by atoms with Crippen molar-refractivity contribution in [2.24, 2.45) is 0 Å². The van der Waals surface area contributed by atoms with Crippen molar-refractivity contribution < 1.29 is 4.79 Å². The lowest BCUT2D eigenvalue weighted by Gasteiger charge is -2.06. The molecule has 2 aromatic carbocycles. The summed E-state index contributed by atoms with van der Waals surface area (Å²) in [5.74, 6) is -0.201. The predicted octanol–water partition coefficient (Wildman–Crippen LogP) is 4.32. The number of amides is 1. The van der Waals surface area contributed by atoms with E-state index in [9.17, 15) is 4.79 Å². The zero-order valence-electron chi connectivity index (χ0n) is 15.6. The highest BCUT2D eigenvalue weighted by molar-refractivity contribution is 7.18. The molecule has 0 aliphatic rings. The molecule has 0 radical (unpaired) electrons. The number of hydrogen-bond acceptors (Lipinski definition) is 5. The minimum Gasteiger partial charge on any atom is -0.296 e. The van der Waals surface area contributed by atoms with Gasteiger partial charge in [0.1, 0.15) is 5.01 Å². The van der Waals surface area contributed by atoms with Gasteiger partial charge < -0.3 is 0 Å². The molecule has 1 amide bonds. The summed E-state index contributed by atoms with van der Waals surface area (Å²) in [4.78, 5) is 12.5. The quantitative estimate of drug-likeness (QED) is 0.552. The van der Waals surface area contributed by atoms with E-state index in [1.54, 1.807) is 0 Å². The Morgan fingerprint density at radius 1 is 1.04 bits per heavy atom. The second-order valence-corrected chi connectivity index (χ2v) is 7.49. The highest BCUT2D eigenvalue weighted by Gasteiger charge is 2.11. The minimum absolute atomic E-state index is 0.201. The van der Waals surface area contributed by atoms with E-state index in [4.69, 9.17) is 0 Å². The van der Waals surface area contributed by atoms with Gasteiger partial charge in [0, 0.05) is 16.8 Å². The van der Waals surface area contributed by atoms with E-state index >= 15 is 0 Å². The SMILES string of the molecule is Cc1cc(C)n(Cc2ccc(C(=O)Nc3nnc(-c4ccccc4)s3)cc2)n1. The topological polar surface area (TPSA) is 72.7 Å². The summed E-state index contributed by atoms with van der Waals surface area (Å²) in [5.41, 5.74) is 4.76. The van der Waals surface area contributed by atoms with Gasteiger partial charge in [-0.05, 0) is 37.6 Å². The number of nitrogens with one attached hydrogen (secondary N) is 1. The average molecular weight is 389 g/mol. The van der Waals surface area contributed by atoms with Crippen molar-refractivity contribution in [3.63, 3.8) is 0 Å². The lowest BCUT2D eigenvalue weighted by Crippen LogP contribution is -2.12. The Kier molecular flexibility index (Phi) is 4.99. The molecule has 4 aromatic rings. The standard InChI is InChI=1S/C21H19N5OS/c1-14-12-15(2)26(25-14)13-16-8-10-17(11-9-16)19(27)22-21-24-23-20(28-21)18-6-4-3-5-7-18/h3-12H,13H2,1-2H3,(H,22,24,27). The van der Waals surface area contributed by atoms with Gasteiger partial charge in [-0.25, -0.2) is 0 Å². The van der Waals surface area contributed by atoms with E-state index in [1.165, 1.54) is 11.3 Å². The first-order valence-electron chi connectivity index (χ1n) is 8.89. The maximum absolute atomic E-state index is 12.5. The molecule has 0 fully saturated rings. The fraction of sp³-hybridized carbons (Fsp3) is 0.143. The van der Waals surface area contributed by atoms with Crippen LogP contribution in [0.1, 0.15) is 27.3 Å². The van der Waals surface area contributed by atoms with Crippen LogP contribution in [0.15, 0.2) is 60.7 Å². The molecular formula is C21H19N5OS.